The van der Waals surface area contributed by atoms with Gasteiger partial charge in [0.05, 0.1) is 16.8 Å². The van der Waals surface area contributed by atoms with E-state index < -0.39 is 0 Å². The van der Waals surface area contributed by atoms with E-state index in [1.54, 1.807) is 17.6 Å². The second kappa shape index (κ2) is 5.45. The minimum absolute atomic E-state index is 0.164. The number of nitrogens with one attached hydrogen (secondary N) is 1. The Morgan fingerprint density at radius 1 is 1.56 bits per heavy atom. The molecule has 5 nitrogen and oxygen atoms in total. The van der Waals surface area contributed by atoms with Crippen LogP contribution in [-0.4, -0.2) is 9.91 Å². The van der Waals surface area contributed by atoms with Crippen LogP contribution in [0.3, 0.4) is 0 Å². The number of thiophene rings is 1. The van der Waals surface area contributed by atoms with Crippen molar-refractivity contribution in [3.8, 4) is 0 Å². The fourth-order valence-electron chi connectivity index (χ4n) is 1.41. The molecule has 0 fully saturated rings. The first-order valence-corrected chi connectivity index (χ1v) is 6.81. The summed E-state index contributed by atoms with van der Waals surface area (Å²) in [7, 11) is 0. The lowest BCUT2D eigenvalue weighted by molar-refractivity contribution is -0.380. The molecule has 2 aromatic rings. The second-order valence-electron chi connectivity index (χ2n) is 3.74. The minimum Gasteiger partial charge on any atom is -0.380 e. The zero-order chi connectivity index (χ0) is 13.1. The summed E-state index contributed by atoms with van der Waals surface area (Å²) in [5.74, 6) is 0. The van der Waals surface area contributed by atoms with Gasteiger partial charge in [0.25, 0.3) is 0 Å². The Kier molecular flexibility index (Phi) is 3.93. The van der Waals surface area contributed by atoms with Gasteiger partial charge in [-0.15, -0.1) is 0 Å². The molecule has 0 aliphatic carbocycles. The number of aromatic nitrogens is 1. The average molecular weight is 328 g/mol. The molecule has 0 unspecified atom stereocenters. The number of halogens is 1. The van der Waals surface area contributed by atoms with Gasteiger partial charge in [-0.1, -0.05) is 11.3 Å². The maximum Gasteiger partial charge on any atom is 0.324 e. The van der Waals surface area contributed by atoms with Gasteiger partial charge >= 0.3 is 5.00 Å². The van der Waals surface area contributed by atoms with Gasteiger partial charge in [0.1, 0.15) is 4.60 Å². The molecule has 0 aliphatic heterocycles. The Labute approximate surface area is 116 Å². The van der Waals surface area contributed by atoms with E-state index in [0.29, 0.717) is 6.54 Å². The Bertz CT molecular complexity index is 585. The molecule has 2 heterocycles. The number of anilines is 1. The third-order valence-electron chi connectivity index (χ3n) is 2.33. The van der Waals surface area contributed by atoms with Crippen LogP contribution in [0.2, 0.25) is 0 Å². The number of hydrogen-bond acceptors (Lipinski definition) is 5. The lowest BCUT2D eigenvalue weighted by atomic mass is 10.3. The normalized spacial score (nSPS) is 10.3. The number of nitro groups is 1. The molecule has 7 heteroatoms. The molecule has 94 valence electrons. The topological polar surface area (TPSA) is 68.1 Å². The van der Waals surface area contributed by atoms with Crippen molar-refractivity contribution in [3.05, 3.63) is 49.6 Å². The van der Waals surface area contributed by atoms with Gasteiger partial charge < -0.3 is 5.32 Å². The molecule has 18 heavy (non-hydrogen) atoms. The first kappa shape index (κ1) is 13.0. The maximum absolute atomic E-state index is 10.6. The highest BCUT2D eigenvalue weighted by molar-refractivity contribution is 9.10. The van der Waals surface area contributed by atoms with Crippen LogP contribution in [0, 0.1) is 17.0 Å². The third-order valence-corrected chi connectivity index (χ3v) is 4.09. The van der Waals surface area contributed by atoms with Gasteiger partial charge in [-0.2, -0.15) is 0 Å². The zero-order valence-electron chi connectivity index (χ0n) is 9.51. The van der Waals surface area contributed by atoms with Crippen molar-refractivity contribution >= 4 is 38.0 Å². The first-order valence-electron chi connectivity index (χ1n) is 5.14. The molecule has 2 aromatic heterocycles. The summed E-state index contributed by atoms with van der Waals surface area (Å²) < 4.78 is 0.819. The van der Waals surface area contributed by atoms with Crippen LogP contribution in [0.25, 0.3) is 0 Å². The summed E-state index contributed by atoms with van der Waals surface area (Å²) >= 11 is 4.47. The molecule has 0 radical (unpaired) electrons. The van der Waals surface area contributed by atoms with Crippen molar-refractivity contribution in [3.63, 3.8) is 0 Å². The first-order chi connectivity index (χ1) is 8.56. The summed E-state index contributed by atoms with van der Waals surface area (Å²) in [6, 6.07) is 3.55. The Hall–Kier alpha value is -1.47. The molecule has 0 aromatic carbocycles. The number of nitrogens with zero attached hydrogens (tertiary/aromatic N) is 2. The van der Waals surface area contributed by atoms with Crippen LogP contribution in [0.1, 0.15) is 11.1 Å². The van der Waals surface area contributed by atoms with E-state index in [2.05, 4.69) is 26.2 Å². The molecule has 0 saturated heterocycles. The van der Waals surface area contributed by atoms with Crippen molar-refractivity contribution in [1.82, 2.24) is 4.98 Å². The minimum atomic E-state index is -0.375. The highest BCUT2D eigenvalue weighted by atomic mass is 79.9. The van der Waals surface area contributed by atoms with Crippen LogP contribution in [0.4, 0.5) is 10.7 Å². The lowest BCUT2D eigenvalue weighted by Crippen LogP contribution is -1.99. The van der Waals surface area contributed by atoms with Crippen LogP contribution < -0.4 is 5.32 Å². The van der Waals surface area contributed by atoms with E-state index in [9.17, 15) is 10.1 Å². The number of rotatable bonds is 4. The van der Waals surface area contributed by atoms with Gasteiger partial charge in [-0.05, 0) is 40.0 Å². The van der Waals surface area contributed by atoms with E-state index in [-0.39, 0.29) is 9.92 Å². The fraction of sp³-hybridized carbons (Fsp3) is 0.182. The fourth-order valence-corrected chi connectivity index (χ4v) is 2.36. The summed E-state index contributed by atoms with van der Waals surface area (Å²) in [5, 5.41) is 15.7. The summed E-state index contributed by atoms with van der Waals surface area (Å²) in [6.07, 6.45) is 1.72. The molecule has 0 aliphatic rings. The van der Waals surface area contributed by atoms with Gasteiger partial charge in [0, 0.05) is 18.0 Å². The van der Waals surface area contributed by atoms with E-state index in [1.165, 1.54) is 0 Å². The molecule has 0 amide bonds. The summed E-state index contributed by atoms with van der Waals surface area (Å²) in [6.45, 7) is 2.50. The molecule has 0 saturated carbocycles. The maximum atomic E-state index is 10.6. The number of hydrogen-bond donors (Lipinski definition) is 1. The zero-order valence-corrected chi connectivity index (χ0v) is 11.9. The molecular formula is C11H10BrN3O2S. The van der Waals surface area contributed by atoms with Gasteiger partial charge in [0.15, 0.2) is 0 Å². The Morgan fingerprint density at radius 2 is 2.33 bits per heavy atom. The Balaban J connectivity index is 2.02. The molecule has 0 spiro atoms. The van der Waals surface area contributed by atoms with Crippen LogP contribution >= 0.6 is 27.3 Å². The number of aryl methyl sites for hydroxylation is 1. The summed E-state index contributed by atoms with van der Waals surface area (Å²) in [5.41, 5.74) is 2.83. The molecule has 1 N–H and O–H groups in total. The van der Waals surface area contributed by atoms with Crippen molar-refractivity contribution < 1.29 is 4.92 Å². The van der Waals surface area contributed by atoms with E-state index >= 15 is 0 Å². The van der Waals surface area contributed by atoms with Crippen molar-refractivity contribution in [2.75, 3.05) is 5.32 Å². The van der Waals surface area contributed by atoms with E-state index in [1.807, 2.05) is 13.0 Å². The van der Waals surface area contributed by atoms with Gasteiger partial charge in [-0.25, -0.2) is 4.98 Å². The summed E-state index contributed by atoms with van der Waals surface area (Å²) in [4.78, 5) is 14.3. The van der Waals surface area contributed by atoms with Crippen LogP contribution in [0.5, 0.6) is 0 Å². The van der Waals surface area contributed by atoms with Crippen molar-refractivity contribution in [1.29, 1.82) is 0 Å². The van der Waals surface area contributed by atoms with Crippen molar-refractivity contribution in [2.24, 2.45) is 0 Å². The quantitative estimate of drug-likeness (QED) is 0.527. The highest BCUT2D eigenvalue weighted by Crippen LogP contribution is 2.23. The lowest BCUT2D eigenvalue weighted by Gasteiger charge is -2.06. The number of pyridine rings is 1. The van der Waals surface area contributed by atoms with Gasteiger partial charge in [-0.3, -0.25) is 10.1 Å². The average Bonchev–Trinajstić information content (AvgIpc) is 2.79. The Morgan fingerprint density at radius 3 is 2.94 bits per heavy atom. The second-order valence-corrected chi connectivity index (χ2v) is 5.38. The highest BCUT2D eigenvalue weighted by Gasteiger charge is 2.09. The molecule has 0 atom stereocenters. The smallest absolute Gasteiger partial charge is 0.324 e. The van der Waals surface area contributed by atoms with E-state index in [0.717, 1.165) is 32.8 Å². The predicted molar refractivity (Wildman–Crippen MR) is 75.0 cm³/mol. The predicted octanol–water partition coefficient (Wildman–Crippen LogP) is 3.73. The van der Waals surface area contributed by atoms with Crippen molar-refractivity contribution in [2.45, 2.75) is 13.5 Å². The largest absolute Gasteiger partial charge is 0.380 e. The molecular weight excluding hydrogens is 318 g/mol. The van der Waals surface area contributed by atoms with E-state index in [4.69, 9.17) is 0 Å². The standard InChI is InChI=1S/C11H10BrN3O2S/c1-7-2-9(5-14-11(7)12)13-4-8-3-10(15(16)17)18-6-8/h2-3,5-6,13H,4H2,1H3. The van der Waals surface area contributed by atoms with Gasteiger partial charge in [0.2, 0.25) is 0 Å². The van der Waals surface area contributed by atoms with Crippen LogP contribution in [-0.2, 0) is 6.54 Å². The third kappa shape index (κ3) is 3.05. The van der Waals surface area contributed by atoms with Crippen LogP contribution in [0.15, 0.2) is 28.3 Å². The molecule has 2 rings (SSSR count). The molecule has 0 bridgehead atoms. The SMILES string of the molecule is Cc1cc(NCc2csc([N+](=O)[O-])c2)cnc1Br. The monoisotopic (exact) mass is 327 g/mol.